The third kappa shape index (κ3) is 2.67. The highest BCUT2D eigenvalue weighted by Crippen LogP contribution is 2.28. The first kappa shape index (κ1) is 11.9. The van der Waals surface area contributed by atoms with Crippen LogP contribution in [0.5, 0.6) is 5.75 Å². The Morgan fingerprint density at radius 1 is 1.56 bits per heavy atom. The lowest BCUT2D eigenvalue weighted by Crippen LogP contribution is -2.15. The van der Waals surface area contributed by atoms with Crippen molar-refractivity contribution in [2.45, 2.75) is 12.5 Å². The molecule has 0 unspecified atom stereocenters. The normalized spacial score (nSPS) is 12.1. The van der Waals surface area contributed by atoms with Crippen LogP contribution in [0, 0.1) is 10.1 Å². The third-order valence-electron chi connectivity index (χ3n) is 2.02. The number of nitro groups is 1. The van der Waals surface area contributed by atoms with Gasteiger partial charge in [-0.3, -0.25) is 14.9 Å². The number of benzene rings is 1. The number of nitro benzene ring substituents is 1. The van der Waals surface area contributed by atoms with Gasteiger partial charge in [0, 0.05) is 23.7 Å². The number of aliphatic carboxylic acids is 1. The second-order valence-electron chi connectivity index (χ2n) is 3.20. The van der Waals surface area contributed by atoms with E-state index >= 15 is 0 Å². The van der Waals surface area contributed by atoms with E-state index in [0.717, 1.165) is 18.2 Å². The number of carboxylic acids is 1. The zero-order chi connectivity index (χ0) is 12.3. The molecule has 0 heterocycles. The van der Waals surface area contributed by atoms with Crippen LogP contribution in [-0.4, -0.2) is 21.1 Å². The number of non-ortho nitro benzene ring substituents is 1. The Labute approximate surface area is 90.3 Å². The standard InChI is InChI=1S/C9H10N2O5/c10-7(4-9(13)14)6-3-5(11(15)16)1-2-8(6)12/h1-3,7,12H,4,10H2,(H,13,14)/t7-/m1/s1. The van der Waals surface area contributed by atoms with Gasteiger partial charge >= 0.3 is 5.97 Å². The Kier molecular flexibility index (Phi) is 3.41. The van der Waals surface area contributed by atoms with Gasteiger partial charge in [0.25, 0.3) is 5.69 Å². The molecule has 4 N–H and O–H groups in total. The molecule has 1 aromatic carbocycles. The van der Waals surface area contributed by atoms with Gasteiger partial charge in [-0.2, -0.15) is 0 Å². The minimum atomic E-state index is -1.14. The van der Waals surface area contributed by atoms with Gasteiger partial charge in [-0.25, -0.2) is 0 Å². The number of carboxylic acid groups (broad SMARTS) is 1. The fourth-order valence-electron chi connectivity index (χ4n) is 1.25. The van der Waals surface area contributed by atoms with E-state index in [1.54, 1.807) is 0 Å². The lowest BCUT2D eigenvalue weighted by molar-refractivity contribution is -0.385. The van der Waals surface area contributed by atoms with Crippen molar-refractivity contribution in [1.82, 2.24) is 0 Å². The summed E-state index contributed by atoms with van der Waals surface area (Å²) in [7, 11) is 0. The molecule has 0 spiro atoms. The summed E-state index contributed by atoms with van der Waals surface area (Å²) in [5, 5.41) is 28.4. The van der Waals surface area contributed by atoms with E-state index in [1.807, 2.05) is 0 Å². The summed E-state index contributed by atoms with van der Waals surface area (Å²) >= 11 is 0. The summed E-state index contributed by atoms with van der Waals surface area (Å²) in [5.74, 6) is -1.39. The van der Waals surface area contributed by atoms with Crippen molar-refractivity contribution in [2.24, 2.45) is 5.73 Å². The molecule has 0 bridgehead atoms. The zero-order valence-electron chi connectivity index (χ0n) is 8.16. The largest absolute Gasteiger partial charge is 0.508 e. The third-order valence-corrected chi connectivity index (χ3v) is 2.02. The monoisotopic (exact) mass is 226 g/mol. The quantitative estimate of drug-likeness (QED) is 0.514. The number of nitrogens with two attached hydrogens (primary N) is 1. The number of hydrogen-bond acceptors (Lipinski definition) is 5. The predicted molar refractivity (Wildman–Crippen MR) is 53.9 cm³/mol. The topological polar surface area (TPSA) is 127 Å². The number of phenolic OH excluding ortho intramolecular Hbond substituents is 1. The molecule has 16 heavy (non-hydrogen) atoms. The molecule has 0 radical (unpaired) electrons. The van der Waals surface area contributed by atoms with Crippen LogP contribution in [0.3, 0.4) is 0 Å². The van der Waals surface area contributed by atoms with Gasteiger partial charge in [0.15, 0.2) is 0 Å². The predicted octanol–water partition coefficient (Wildman–Crippen LogP) is 0.775. The van der Waals surface area contributed by atoms with Crippen LogP contribution < -0.4 is 5.73 Å². The Balaban J connectivity index is 3.06. The van der Waals surface area contributed by atoms with Crippen molar-refractivity contribution in [3.05, 3.63) is 33.9 Å². The van der Waals surface area contributed by atoms with E-state index in [9.17, 15) is 20.0 Å². The first-order valence-electron chi connectivity index (χ1n) is 4.36. The van der Waals surface area contributed by atoms with Crippen LogP contribution in [0.15, 0.2) is 18.2 Å². The van der Waals surface area contributed by atoms with E-state index in [1.165, 1.54) is 0 Å². The number of hydrogen-bond donors (Lipinski definition) is 3. The molecule has 0 aromatic heterocycles. The van der Waals surface area contributed by atoms with Crippen molar-refractivity contribution in [2.75, 3.05) is 0 Å². The molecule has 0 amide bonds. The first-order chi connectivity index (χ1) is 7.41. The highest BCUT2D eigenvalue weighted by atomic mass is 16.6. The highest BCUT2D eigenvalue weighted by Gasteiger charge is 2.18. The van der Waals surface area contributed by atoms with Crippen molar-refractivity contribution in [3.8, 4) is 5.75 Å². The summed E-state index contributed by atoms with van der Waals surface area (Å²) in [6.45, 7) is 0. The van der Waals surface area contributed by atoms with Gasteiger partial charge in [0.05, 0.1) is 11.3 Å². The minimum absolute atomic E-state index is 0.0524. The maximum atomic E-state index is 10.5. The molecule has 0 aliphatic rings. The SMILES string of the molecule is N[C@H](CC(=O)O)c1cc([N+](=O)[O-])ccc1O. The molecule has 7 heteroatoms. The summed E-state index contributed by atoms with van der Waals surface area (Å²) in [4.78, 5) is 20.3. The van der Waals surface area contributed by atoms with Gasteiger partial charge in [0.1, 0.15) is 5.75 Å². The van der Waals surface area contributed by atoms with Crippen molar-refractivity contribution < 1.29 is 19.9 Å². The summed E-state index contributed by atoms with van der Waals surface area (Å²) in [5.41, 5.74) is 5.31. The smallest absolute Gasteiger partial charge is 0.305 e. The maximum Gasteiger partial charge on any atom is 0.305 e. The maximum absolute atomic E-state index is 10.5. The fourth-order valence-corrected chi connectivity index (χ4v) is 1.25. The van der Waals surface area contributed by atoms with E-state index < -0.39 is 23.4 Å². The van der Waals surface area contributed by atoms with Gasteiger partial charge < -0.3 is 15.9 Å². The number of nitrogens with zero attached hydrogens (tertiary/aromatic N) is 1. The molecule has 0 aliphatic heterocycles. The molecule has 0 aliphatic carbocycles. The highest BCUT2D eigenvalue weighted by molar-refractivity contribution is 5.68. The molecule has 1 rings (SSSR count). The molecule has 1 aromatic rings. The van der Waals surface area contributed by atoms with Gasteiger partial charge in [-0.15, -0.1) is 0 Å². The molecule has 1 atom stereocenters. The number of aromatic hydroxyl groups is 1. The molecule has 0 saturated heterocycles. The first-order valence-corrected chi connectivity index (χ1v) is 4.36. The summed E-state index contributed by atoms with van der Waals surface area (Å²) in [6.07, 6.45) is -0.408. The van der Waals surface area contributed by atoms with Crippen molar-refractivity contribution in [1.29, 1.82) is 0 Å². The van der Waals surface area contributed by atoms with Crippen LogP contribution in [0.2, 0.25) is 0 Å². The van der Waals surface area contributed by atoms with E-state index in [-0.39, 0.29) is 17.0 Å². The van der Waals surface area contributed by atoms with Crippen LogP contribution in [0.4, 0.5) is 5.69 Å². The minimum Gasteiger partial charge on any atom is -0.508 e. The second-order valence-corrected chi connectivity index (χ2v) is 3.20. The zero-order valence-corrected chi connectivity index (χ0v) is 8.16. The average Bonchev–Trinajstić information content (AvgIpc) is 2.16. The number of phenols is 1. The Bertz CT molecular complexity index is 432. The molecule has 7 nitrogen and oxygen atoms in total. The van der Waals surface area contributed by atoms with E-state index in [0.29, 0.717) is 0 Å². The van der Waals surface area contributed by atoms with Crippen LogP contribution in [0.25, 0.3) is 0 Å². The van der Waals surface area contributed by atoms with Crippen LogP contribution in [-0.2, 0) is 4.79 Å². The van der Waals surface area contributed by atoms with Crippen molar-refractivity contribution >= 4 is 11.7 Å². The lowest BCUT2D eigenvalue weighted by Gasteiger charge is -2.10. The fraction of sp³-hybridized carbons (Fsp3) is 0.222. The Hall–Kier alpha value is -2.15. The lowest BCUT2D eigenvalue weighted by atomic mass is 10.0. The Morgan fingerprint density at radius 2 is 2.19 bits per heavy atom. The van der Waals surface area contributed by atoms with Crippen LogP contribution in [0.1, 0.15) is 18.0 Å². The van der Waals surface area contributed by atoms with Gasteiger partial charge in [-0.1, -0.05) is 0 Å². The average molecular weight is 226 g/mol. The van der Waals surface area contributed by atoms with Crippen LogP contribution >= 0.6 is 0 Å². The Morgan fingerprint density at radius 3 is 2.69 bits per heavy atom. The number of carbonyl (C=O) groups is 1. The second kappa shape index (κ2) is 4.58. The van der Waals surface area contributed by atoms with E-state index in [4.69, 9.17) is 10.8 Å². The summed E-state index contributed by atoms with van der Waals surface area (Å²) in [6, 6.07) is 2.34. The van der Waals surface area contributed by atoms with Gasteiger partial charge in [0.2, 0.25) is 0 Å². The molecular weight excluding hydrogens is 216 g/mol. The van der Waals surface area contributed by atoms with E-state index in [2.05, 4.69) is 0 Å². The molecule has 86 valence electrons. The van der Waals surface area contributed by atoms with Crippen molar-refractivity contribution in [3.63, 3.8) is 0 Å². The number of rotatable bonds is 4. The molecule has 0 fully saturated rings. The molecule has 0 saturated carbocycles. The molecular formula is C9H10N2O5. The van der Waals surface area contributed by atoms with Gasteiger partial charge in [-0.05, 0) is 6.07 Å². The summed E-state index contributed by atoms with van der Waals surface area (Å²) < 4.78 is 0.